The summed E-state index contributed by atoms with van der Waals surface area (Å²) in [4.78, 5) is 11.3. The Labute approximate surface area is 108 Å². The molecule has 0 bridgehead atoms. The summed E-state index contributed by atoms with van der Waals surface area (Å²) in [7, 11) is 0. The summed E-state index contributed by atoms with van der Waals surface area (Å²) in [5.41, 5.74) is 0. The molecule has 0 spiro atoms. The molecule has 5 heteroatoms. The average molecular weight is 252 g/mol. The van der Waals surface area contributed by atoms with E-state index in [1.807, 2.05) is 13.0 Å². The van der Waals surface area contributed by atoms with Gasteiger partial charge in [0.1, 0.15) is 17.5 Å². The number of thiol groups is 1. The monoisotopic (exact) mass is 252 g/mol. The SMILES string of the molecule is Cc1nc(NCCS)cc(N2CCCCC2)n1. The average Bonchev–Trinajstić information content (AvgIpc) is 2.37. The van der Waals surface area contributed by atoms with E-state index in [1.165, 1.54) is 19.3 Å². The van der Waals surface area contributed by atoms with Crippen LogP contribution >= 0.6 is 12.6 Å². The van der Waals surface area contributed by atoms with Gasteiger partial charge in [-0.15, -0.1) is 0 Å². The summed E-state index contributed by atoms with van der Waals surface area (Å²) in [5, 5.41) is 3.26. The first-order valence-corrected chi connectivity index (χ1v) is 6.88. The van der Waals surface area contributed by atoms with Gasteiger partial charge in [-0.1, -0.05) is 0 Å². The van der Waals surface area contributed by atoms with Gasteiger partial charge in [-0.3, -0.25) is 0 Å². The molecule has 0 aliphatic carbocycles. The summed E-state index contributed by atoms with van der Waals surface area (Å²) in [6.07, 6.45) is 3.87. The summed E-state index contributed by atoms with van der Waals surface area (Å²) < 4.78 is 0. The summed E-state index contributed by atoms with van der Waals surface area (Å²) in [6, 6.07) is 2.04. The van der Waals surface area contributed by atoms with Crippen LogP contribution in [0.15, 0.2) is 6.07 Å². The second kappa shape index (κ2) is 6.10. The zero-order chi connectivity index (χ0) is 12.1. The fraction of sp³-hybridized carbons (Fsp3) is 0.667. The predicted octanol–water partition coefficient (Wildman–Crippen LogP) is 2.12. The van der Waals surface area contributed by atoms with Crippen LogP contribution in [0.5, 0.6) is 0 Å². The van der Waals surface area contributed by atoms with Gasteiger partial charge in [0.15, 0.2) is 0 Å². The maximum absolute atomic E-state index is 4.52. The lowest BCUT2D eigenvalue weighted by atomic mass is 10.1. The van der Waals surface area contributed by atoms with Gasteiger partial charge >= 0.3 is 0 Å². The minimum Gasteiger partial charge on any atom is -0.369 e. The number of aryl methyl sites for hydroxylation is 1. The molecule has 2 rings (SSSR count). The van der Waals surface area contributed by atoms with Gasteiger partial charge in [-0.2, -0.15) is 12.6 Å². The number of hydrogen-bond donors (Lipinski definition) is 2. The number of rotatable bonds is 4. The molecule has 1 saturated heterocycles. The Kier molecular flexibility index (Phi) is 4.48. The highest BCUT2D eigenvalue weighted by atomic mass is 32.1. The third-order valence-electron chi connectivity index (χ3n) is 2.92. The molecule has 1 aliphatic heterocycles. The van der Waals surface area contributed by atoms with E-state index in [0.29, 0.717) is 0 Å². The second-order valence-electron chi connectivity index (χ2n) is 4.36. The van der Waals surface area contributed by atoms with E-state index in [1.54, 1.807) is 0 Å². The smallest absolute Gasteiger partial charge is 0.134 e. The zero-order valence-electron chi connectivity index (χ0n) is 10.3. The summed E-state index contributed by atoms with van der Waals surface area (Å²) in [5.74, 6) is 3.60. The standard InChI is InChI=1S/C12H20N4S/c1-10-14-11(13-5-8-17)9-12(15-10)16-6-3-2-4-7-16/h9,17H,2-8H2,1H3,(H,13,14,15). The van der Waals surface area contributed by atoms with Gasteiger partial charge in [0.05, 0.1) is 0 Å². The van der Waals surface area contributed by atoms with Crippen LogP contribution in [0.1, 0.15) is 25.1 Å². The van der Waals surface area contributed by atoms with Crippen LogP contribution in [0, 0.1) is 6.92 Å². The van der Waals surface area contributed by atoms with Crippen molar-refractivity contribution in [2.45, 2.75) is 26.2 Å². The number of hydrogen-bond acceptors (Lipinski definition) is 5. The van der Waals surface area contributed by atoms with Crippen molar-refractivity contribution >= 4 is 24.3 Å². The quantitative estimate of drug-likeness (QED) is 0.805. The molecule has 2 heterocycles. The third kappa shape index (κ3) is 3.49. The predicted molar refractivity (Wildman–Crippen MR) is 75.2 cm³/mol. The molecule has 1 aliphatic rings. The Hall–Kier alpha value is -0.970. The van der Waals surface area contributed by atoms with Crippen molar-refractivity contribution in [2.24, 2.45) is 0 Å². The van der Waals surface area contributed by atoms with Gasteiger partial charge in [-0.05, 0) is 26.2 Å². The number of nitrogens with one attached hydrogen (secondary N) is 1. The first-order chi connectivity index (χ1) is 8.29. The highest BCUT2D eigenvalue weighted by Gasteiger charge is 2.13. The zero-order valence-corrected chi connectivity index (χ0v) is 11.2. The number of anilines is 2. The van der Waals surface area contributed by atoms with E-state index >= 15 is 0 Å². The number of aromatic nitrogens is 2. The van der Waals surface area contributed by atoms with Crippen LogP contribution in [-0.2, 0) is 0 Å². The van der Waals surface area contributed by atoms with Crippen LogP contribution in [0.4, 0.5) is 11.6 Å². The fourth-order valence-corrected chi connectivity index (χ4v) is 2.22. The third-order valence-corrected chi connectivity index (χ3v) is 3.15. The first-order valence-electron chi connectivity index (χ1n) is 6.25. The van der Waals surface area contributed by atoms with Crippen molar-refractivity contribution in [2.75, 3.05) is 35.6 Å². The molecule has 0 aromatic carbocycles. The van der Waals surface area contributed by atoms with Crippen molar-refractivity contribution in [3.63, 3.8) is 0 Å². The molecule has 1 aromatic heterocycles. The van der Waals surface area contributed by atoms with E-state index in [2.05, 4.69) is 32.8 Å². The molecule has 0 saturated carbocycles. The van der Waals surface area contributed by atoms with E-state index in [0.717, 1.165) is 42.8 Å². The van der Waals surface area contributed by atoms with Crippen molar-refractivity contribution in [1.29, 1.82) is 0 Å². The molecule has 1 fully saturated rings. The molecule has 0 unspecified atom stereocenters. The lowest BCUT2D eigenvalue weighted by Crippen LogP contribution is -2.30. The molecule has 1 N–H and O–H groups in total. The number of nitrogens with zero attached hydrogens (tertiary/aromatic N) is 3. The lowest BCUT2D eigenvalue weighted by molar-refractivity contribution is 0.572. The Morgan fingerprint density at radius 3 is 2.76 bits per heavy atom. The lowest BCUT2D eigenvalue weighted by Gasteiger charge is -2.28. The minimum atomic E-state index is 0.808. The van der Waals surface area contributed by atoms with Gasteiger partial charge in [0, 0.05) is 31.5 Å². The van der Waals surface area contributed by atoms with Crippen molar-refractivity contribution in [1.82, 2.24) is 9.97 Å². The van der Waals surface area contributed by atoms with E-state index < -0.39 is 0 Å². The maximum atomic E-state index is 4.52. The van der Waals surface area contributed by atoms with Gasteiger partial charge < -0.3 is 10.2 Å². The Bertz CT molecular complexity index is 364. The molecule has 94 valence electrons. The van der Waals surface area contributed by atoms with Crippen LogP contribution in [0.2, 0.25) is 0 Å². The largest absolute Gasteiger partial charge is 0.369 e. The van der Waals surface area contributed by atoms with Crippen LogP contribution < -0.4 is 10.2 Å². The van der Waals surface area contributed by atoms with Gasteiger partial charge in [-0.25, -0.2) is 9.97 Å². The minimum absolute atomic E-state index is 0.808. The highest BCUT2D eigenvalue weighted by molar-refractivity contribution is 7.80. The van der Waals surface area contributed by atoms with Crippen LogP contribution in [-0.4, -0.2) is 35.4 Å². The first kappa shape index (κ1) is 12.5. The van der Waals surface area contributed by atoms with Crippen molar-refractivity contribution in [3.8, 4) is 0 Å². The Morgan fingerprint density at radius 2 is 2.06 bits per heavy atom. The molecule has 0 atom stereocenters. The molecular formula is C12H20N4S. The molecule has 1 aromatic rings. The highest BCUT2D eigenvalue weighted by Crippen LogP contribution is 2.20. The summed E-state index contributed by atoms with van der Waals surface area (Å²) in [6.45, 7) is 5.00. The van der Waals surface area contributed by atoms with Crippen LogP contribution in [0.3, 0.4) is 0 Å². The second-order valence-corrected chi connectivity index (χ2v) is 4.80. The van der Waals surface area contributed by atoms with Crippen molar-refractivity contribution in [3.05, 3.63) is 11.9 Å². The molecule has 0 amide bonds. The molecule has 4 nitrogen and oxygen atoms in total. The van der Waals surface area contributed by atoms with E-state index in [9.17, 15) is 0 Å². The normalized spacial score (nSPS) is 16.0. The maximum Gasteiger partial charge on any atom is 0.134 e. The molecule has 0 radical (unpaired) electrons. The van der Waals surface area contributed by atoms with Crippen molar-refractivity contribution < 1.29 is 0 Å². The Balaban J connectivity index is 2.12. The topological polar surface area (TPSA) is 41.1 Å². The molecular weight excluding hydrogens is 232 g/mol. The van der Waals surface area contributed by atoms with Crippen LogP contribution in [0.25, 0.3) is 0 Å². The van der Waals surface area contributed by atoms with Gasteiger partial charge in [0.2, 0.25) is 0 Å². The summed E-state index contributed by atoms with van der Waals surface area (Å²) >= 11 is 4.19. The van der Waals surface area contributed by atoms with E-state index in [-0.39, 0.29) is 0 Å². The Morgan fingerprint density at radius 1 is 1.29 bits per heavy atom. The van der Waals surface area contributed by atoms with Gasteiger partial charge in [0.25, 0.3) is 0 Å². The van der Waals surface area contributed by atoms with E-state index in [4.69, 9.17) is 0 Å². The fourth-order valence-electron chi connectivity index (χ4n) is 2.11. The number of piperidine rings is 1. The molecule has 17 heavy (non-hydrogen) atoms.